The first-order chi connectivity index (χ1) is 12.6. The summed E-state index contributed by atoms with van der Waals surface area (Å²) in [5.74, 6) is 0.210. The third kappa shape index (κ3) is 5.24. The highest BCUT2D eigenvalue weighted by atomic mass is 16.5. The lowest BCUT2D eigenvalue weighted by Crippen LogP contribution is -2.30. The monoisotopic (exact) mass is 350 g/mol. The van der Waals surface area contributed by atoms with Crippen molar-refractivity contribution in [3.8, 4) is 11.8 Å². The van der Waals surface area contributed by atoms with Crippen molar-refractivity contribution in [2.45, 2.75) is 18.9 Å². The molecule has 0 radical (unpaired) electrons. The first kappa shape index (κ1) is 17.3. The average Bonchev–Trinajstić information content (AvgIpc) is 3.46. The van der Waals surface area contributed by atoms with Gasteiger partial charge in [-0.05, 0) is 61.4 Å². The van der Waals surface area contributed by atoms with Gasteiger partial charge in [-0.25, -0.2) is 4.79 Å². The molecule has 3 rings (SSSR count). The number of nitrogens with one attached hydrogen (secondary N) is 3. The number of ether oxygens (including phenoxy) is 1. The van der Waals surface area contributed by atoms with Crippen LogP contribution >= 0.6 is 0 Å². The molecular formula is C19H18N4O3. The standard InChI is InChI=1S/C19H18N4O3/c20-11-13-1-9-17(10-2-13)26-12-18(24)21-14-3-5-15(6-4-14)22-19(25)23-16-7-8-16/h1-6,9-10,16H,7-8,12H2,(H,21,24)(H2,22,23,25). The zero-order valence-electron chi connectivity index (χ0n) is 14.0. The van der Waals surface area contributed by atoms with Gasteiger partial charge in [0.15, 0.2) is 6.61 Å². The zero-order chi connectivity index (χ0) is 18.4. The van der Waals surface area contributed by atoms with Crippen molar-refractivity contribution < 1.29 is 14.3 Å². The minimum absolute atomic E-state index is 0.143. The van der Waals surface area contributed by atoms with Gasteiger partial charge in [0, 0.05) is 17.4 Å². The van der Waals surface area contributed by atoms with Crippen LogP contribution in [0, 0.1) is 11.3 Å². The summed E-state index contributed by atoms with van der Waals surface area (Å²) in [5.41, 5.74) is 1.78. The molecule has 3 amide bonds. The van der Waals surface area contributed by atoms with Crippen molar-refractivity contribution in [1.29, 1.82) is 5.26 Å². The van der Waals surface area contributed by atoms with E-state index in [-0.39, 0.29) is 18.5 Å². The first-order valence-electron chi connectivity index (χ1n) is 8.23. The quantitative estimate of drug-likeness (QED) is 0.745. The Labute approximate surface area is 151 Å². The van der Waals surface area contributed by atoms with E-state index in [4.69, 9.17) is 10.00 Å². The van der Waals surface area contributed by atoms with Gasteiger partial charge in [-0.2, -0.15) is 5.26 Å². The van der Waals surface area contributed by atoms with Gasteiger partial charge in [0.25, 0.3) is 5.91 Å². The molecule has 1 aliphatic rings. The van der Waals surface area contributed by atoms with E-state index in [1.54, 1.807) is 48.5 Å². The maximum Gasteiger partial charge on any atom is 0.319 e. The molecule has 2 aromatic rings. The smallest absolute Gasteiger partial charge is 0.319 e. The summed E-state index contributed by atoms with van der Waals surface area (Å²) >= 11 is 0. The molecule has 0 atom stereocenters. The molecule has 0 aliphatic heterocycles. The normalized spacial score (nSPS) is 12.6. The van der Waals surface area contributed by atoms with Gasteiger partial charge in [-0.1, -0.05) is 0 Å². The molecule has 7 nitrogen and oxygen atoms in total. The van der Waals surface area contributed by atoms with E-state index in [9.17, 15) is 9.59 Å². The van der Waals surface area contributed by atoms with Crippen LogP contribution < -0.4 is 20.7 Å². The predicted molar refractivity (Wildman–Crippen MR) is 96.9 cm³/mol. The van der Waals surface area contributed by atoms with E-state index in [0.717, 1.165) is 12.8 Å². The Balaban J connectivity index is 1.44. The SMILES string of the molecule is N#Cc1ccc(OCC(=O)Nc2ccc(NC(=O)NC3CC3)cc2)cc1. The van der Waals surface area contributed by atoms with E-state index < -0.39 is 0 Å². The third-order valence-corrected chi connectivity index (χ3v) is 3.69. The van der Waals surface area contributed by atoms with Gasteiger partial charge in [0.2, 0.25) is 0 Å². The Kier molecular flexibility index (Phi) is 5.34. The largest absolute Gasteiger partial charge is 0.484 e. The van der Waals surface area contributed by atoms with Crippen molar-refractivity contribution in [3.05, 3.63) is 54.1 Å². The van der Waals surface area contributed by atoms with Crippen molar-refractivity contribution in [3.63, 3.8) is 0 Å². The highest BCUT2D eigenvalue weighted by Crippen LogP contribution is 2.19. The number of hydrogen-bond donors (Lipinski definition) is 3. The van der Waals surface area contributed by atoms with Gasteiger partial charge in [-0.3, -0.25) is 4.79 Å². The van der Waals surface area contributed by atoms with Crippen LogP contribution in [0.3, 0.4) is 0 Å². The van der Waals surface area contributed by atoms with Crippen molar-refractivity contribution >= 4 is 23.3 Å². The van der Waals surface area contributed by atoms with Gasteiger partial charge < -0.3 is 20.7 Å². The van der Waals surface area contributed by atoms with Crippen LogP contribution in [-0.2, 0) is 4.79 Å². The molecule has 0 aromatic heterocycles. The van der Waals surface area contributed by atoms with Crippen LogP contribution in [0.2, 0.25) is 0 Å². The van der Waals surface area contributed by atoms with E-state index >= 15 is 0 Å². The molecule has 7 heteroatoms. The maximum absolute atomic E-state index is 11.9. The second-order valence-corrected chi connectivity index (χ2v) is 5.92. The number of benzene rings is 2. The Hall–Kier alpha value is -3.53. The van der Waals surface area contributed by atoms with Crippen LogP contribution in [0.25, 0.3) is 0 Å². The second kappa shape index (κ2) is 8.03. The van der Waals surface area contributed by atoms with E-state index in [1.807, 2.05) is 6.07 Å². The Morgan fingerprint density at radius 1 is 1.00 bits per heavy atom. The fourth-order valence-corrected chi connectivity index (χ4v) is 2.19. The molecule has 0 heterocycles. The molecule has 1 fully saturated rings. The molecule has 2 aromatic carbocycles. The number of carbonyl (C=O) groups is 2. The molecule has 0 spiro atoms. The average molecular weight is 350 g/mol. The number of nitrogens with zero attached hydrogens (tertiary/aromatic N) is 1. The summed E-state index contributed by atoms with van der Waals surface area (Å²) in [6.07, 6.45) is 2.06. The predicted octanol–water partition coefficient (Wildman–Crippen LogP) is 2.86. The lowest BCUT2D eigenvalue weighted by atomic mass is 10.2. The highest BCUT2D eigenvalue weighted by Gasteiger charge is 2.23. The fraction of sp³-hybridized carbons (Fsp3) is 0.211. The summed E-state index contributed by atoms with van der Waals surface area (Å²) < 4.78 is 5.37. The molecule has 26 heavy (non-hydrogen) atoms. The Morgan fingerprint density at radius 2 is 1.62 bits per heavy atom. The molecule has 132 valence electrons. The molecule has 0 unspecified atom stereocenters. The summed E-state index contributed by atoms with van der Waals surface area (Å²) in [6, 6.07) is 15.4. The molecule has 0 bridgehead atoms. The van der Waals surface area contributed by atoms with Crippen LogP contribution in [-0.4, -0.2) is 24.6 Å². The summed E-state index contributed by atoms with van der Waals surface area (Å²) in [5, 5.41) is 17.0. The molecule has 1 aliphatic carbocycles. The third-order valence-electron chi connectivity index (χ3n) is 3.69. The van der Waals surface area contributed by atoms with E-state index in [2.05, 4.69) is 16.0 Å². The van der Waals surface area contributed by atoms with Gasteiger partial charge >= 0.3 is 6.03 Å². The second-order valence-electron chi connectivity index (χ2n) is 5.92. The molecular weight excluding hydrogens is 332 g/mol. The molecule has 1 saturated carbocycles. The Morgan fingerprint density at radius 3 is 2.19 bits per heavy atom. The van der Waals surface area contributed by atoms with Gasteiger partial charge in [0.1, 0.15) is 5.75 Å². The summed E-state index contributed by atoms with van der Waals surface area (Å²) in [6.45, 7) is -0.143. The summed E-state index contributed by atoms with van der Waals surface area (Å²) in [4.78, 5) is 23.6. The maximum atomic E-state index is 11.9. The first-order valence-corrected chi connectivity index (χ1v) is 8.23. The summed E-state index contributed by atoms with van der Waals surface area (Å²) in [7, 11) is 0. The van der Waals surface area contributed by atoms with Crippen molar-refractivity contribution in [1.82, 2.24) is 5.32 Å². The fourth-order valence-electron chi connectivity index (χ4n) is 2.19. The number of anilines is 2. The number of nitriles is 1. The van der Waals surface area contributed by atoms with Crippen molar-refractivity contribution in [2.24, 2.45) is 0 Å². The zero-order valence-corrected chi connectivity index (χ0v) is 14.0. The number of urea groups is 1. The topological polar surface area (TPSA) is 103 Å². The number of amides is 3. The number of carbonyl (C=O) groups excluding carboxylic acids is 2. The van der Waals surface area contributed by atoms with Gasteiger partial charge in [-0.15, -0.1) is 0 Å². The molecule has 0 saturated heterocycles. The minimum Gasteiger partial charge on any atom is -0.484 e. The van der Waals surface area contributed by atoms with Crippen molar-refractivity contribution in [2.75, 3.05) is 17.2 Å². The van der Waals surface area contributed by atoms with Crippen LogP contribution in [0.15, 0.2) is 48.5 Å². The lowest BCUT2D eigenvalue weighted by molar-refractivity contribution is -0.118. The molecule has 3 N–H and O–H groups in total. The van der Waals surface area contributed by atoms with Crippen LogP contribution in [0.1, 0.15) is 18.4 Å². The van der Waals surface area contributed by atoms with E-state index in [0.29, 0.717) is 28.7 Å². The van der Waals surface area contributed by atoms with Gasteiger partial charge in [0.05, 0.1) is 11.6 Å². The minimum atomic E-state index is -0.304. The number of rotatable bonds is 6. The lowest BCUT2D eigenvalue weighted by Gasteiger charge is -2.09. The van der Waals surface area contributed by atoms with Crippen LogP contribution in [0.5, 0.6) is 5.75 Å². The van der Waals surface area contributed by atoms with Crippen LogP contribution in [0.4, 0.5) is 16.2 Å². The number of hydrogen-bond acceptors (Lipinski definition) is 4. The highest BCUT2D eigenvalue weighted by molar-refractivity contribution is 5.93. The van der Waals surface area contributed by atoms with E-state index in [1.165, 1.54) is 0 Å². The Bertz CT molecular complexity index is 821.